The average molecular weight is 395 g/mol. The summed E-state index contributed by atoms with van der Waals surface area (Å²) in [4.78, 5) is 26.1. The lowest BCUT2D eigenvalue weighted by molar-refractivity contribution is 0.0644. The number of nitrogens with zero attached hydrogens (tertiary/aromatic N) is 1. The van der Waals surface area contributed by atoms with Gasteiger partial charge < -0.3 is 5.73 Å². The molecule has 0 aliphatic carbocycles. The molecule has 0 unspecified atom stereocenters. The molecule has 0 saturated carbocycles. The minimum absolute atomic E-state index is 0. The maximum absolute atomic E-state index is 12.4. The zero-order valence-electron chi connectivity index (χ0n) is 14.1. The van der Waals surface area contributed by atoms with Crippen LogP contribution >= 0.6 is 12.4 Å². The van der Waals surface area contributed by atoms with Crippen molar-refractivity contribution in [2.75, 3.05) is 12.3 Å². The number of imide groups is 1. The third kappa shape index (κ3) is 3.51. The molecule has 2 amide bonds. The zero-order valence-corrected chi connectivity index (χ0v) is 15.7. The molecule has 1 atom stereocenters. The van der Waals surface area contributed by atoms with Crippen LogP contribution in [0.3, 0.4) is 0 Å². The number of carbonyl (C=O) groups is 2. The van der Waals surface area contributed by atoms with Crippen LogP contribution in [-0.4, -0.2) is 37.4 Å². The van der Waals surface area contributed by atoms with E-state index in [9.17, 15) is 18.0 Å². The number of hydrogen-bond donors (Lipinski definition) is 1. The van der Waals surface area contributed by atoms with Gasteiger partial charge in [-0.2, -0.15) is 0 Å². The van der Waals surface area contributed by atoms with Crippen molar-refractivity contribution < 1.29 is 18.0 Å². The number of amides is 2. The van der Waals surface area contributed by atoms with Gasteiger partial charge in [0.05, 0.1) is 21.8 Å². The van der Waals surface area contributed by atoms with Crippen LogP contribution in [0.5, 0.6) is 0 Å². The van der Waals surface area contributed by atoms with E-state index in [0.717, 1.165) is 4.90 Å². The number of carbonyl (C=O) groups excluding carboxylic acids is 2. The summed E-state index contributed by atoms with van der Waals surface area (Å²) in [5.74, 6) is -0.699. The van der Waals surface area contributed by atoms with Gasteiger partial charge in [0.2, 0.25) is 0 Å². The minimum atomic E-state index is -3.28. The first kappa shape index (κ1) is 20.1. The first-order chi connectivity index (χ1) is 11.8. The van der Waals surface area contributed by atoms with Crippen LogP contribution in [0.15, 0.2) is 53.4 Å². The molecule has 1 aliphatic heterocycles. The van der Waals surface area contributed by atoms with Gasteiger partial charge in [-0.05, 0) is 29.8 Å². The molecule has 138 valence electrons. The number of hydrogen-bond acceptors (Lipinski definition) is 5. The summed E-state index contributed by atoms with van der Waals surface area (Å²) in [6.07, 6.45) is 0. The van der Waals surface area contributed by atoms with Crippen molar-refractivity contribution in [1.29, 1.82) is 0 Å². The van der Waals surface area contributed by atoms with Crippen molar-refractivity contribution in [2.24, 2.45) is 5.73 Å². The number of rotatable bonds is 5. The van der Waals surface area contributed by atoms with Crippen molar-refractivity contribution in [3.05, 3.63) is 65.2 Å². The summed E-state index contributed by atoms with van der Waals surface area (Å²) >= 11 is 0. The van der Waals surface area contributed by atoms with Gasteiger partial charge in [-0.15, -0.1) is 12.4 Å². The molecule has 1 aliphatic rings. The number of fused-ring (bicyclic) bond motifs is 1. The van der Waals surface area contributed by atoms with Crippen LogP contribution < -0.4 is 5.73 Å². The maximum atomic E-state index is 12.4. The normalized spacial score (nSPS) is 14.8. The highest BCUT2D eigenvalue weighted by molar-refractivity contribution is 7.91. The van der Waals surface area contributed by atoms with E-state index in [-0.39, 0.29) is 41.4 Å². The number of nitrogens with two attached hydrogens (primary N) is 1. The van der Waals surface area contributed by atoms with Gasteiger partial charge in [0.15, 0.2) is 9.84 Å². The monoisotopic (exact) mass is 394 g/mol. The van der Waals surface area contributed by atoms with Crippen LogP contribution in [0.4, 0.5) is 0 Å². The fourth-order valence-electron chi connectivity index (χ4n) is 2.80. The predicted molar refractivity (Wildman–Crippen MR) is 100 cm³/mol. The topological polar surface area (TPSA) is 97.5 Å². The molecule has 3 rings (SSSR count). The molecule has 2 N–H and O–H groups in total. The minimum Gasteiger partial charge on any atom is -0.322 e. The highest BCUT2D eigenvalue weighted by Crippen LogP contribution is 2.25. The quantitative estimate of drug-likeness (QED) is 0.784. The summed E-state index contributed by atoms with van der Waals surface area (Å²) in [6.45, 7) is 1.61. The summed E-state index contributed by atoms with van der Waals surface area (Å²) in [5.41, 5.74) is 7.55. The Morgan fingerprint density at radius 3 is 1.92 bits per heavy atom. The Bertz CT molecular complexity index is 907. The number of benzene rings is 2. The average Bonchev–Trinajstić information content (AvgIpc) is 2.87. The number of sulfone groups is 1. The van der Waals surface area contributed by atoms with Gasteiger partial charge >= 0.3 is 0 Å². The molecule has 8 heteroatoms. The van der Waals surface area contributed by atoms with E-state index < -0.39 is 15.9 Å². The Hall–Kier alpha value is -2.22. The van der Waals surface area contributed by atoms with Gasteiger partial charge in [0.1, 0.15) is 0 Å². The molecule has 0 radical (unpaired) electrons. The van der Waals surface area contributed by atoms with E-state index >= 15 is 0 Å². The molecule has 1 heterocycles. The molecule has 6 nitrogen and oxygen atoms in total. The second kappa shape index (κ2) is 7.57. The van der Waals surface area contributed by atoms with Crippen LogP contribution in [0.25, 0.3) is 0 Å². The zero-order chi connectivity index (χ0) is 18.2. The maximum Gasteiger partial charge on any atom is 0.261 e. The fraction of sp³-hybridized carbons (Fsp3) is 0.222. The second-order valence-corrected chi connectivity index (χ2v) is 8.12. The highest BCUT2D eigenvalue weighted by atomic mass is 35.5. The molecule has 26 heavy (non-hydrogen) atoms. The summed E-state index contributed by atoms with van der Waals surface area (Å²) < 4.78 is 23.7. The van der Waals surface area contributed by atoms with E-state index in [1.165, 1.54) is 12.1 Å². The third-order valence-electron chi connectivity index (χ3n) is 4.30. The lowest BCUT2D eigenvalue weighted by Gasteiger charge is -2.19. The standard InChI is InChI=1S/C18H18N2O4S.ClH/c1-2-25(23,24)13-9-7-12(8-10-13)16(19)11-20-17(21)14-5-3-4-6-15(14)18(20)22;/h3-10,16H,2,11,19H2,1H3;1H/t16-;/m0./s1. The first-order valence-electron chi connectivity index (χ1n) is 7.88. The van der Waals surface area contributed by atoms with Crippen LogP contribution in [-0.2, 0) is 9.84 Å². The molecule has 0 saturated heterocycles. The SMILES string of the molecule is CCS(=O)(=O)c1ccc([C@@H](N)CN2C(=O)c3ccccc3C2=O)cc1.Cl. The molecule has 0 fully saturated rings. The van der Waals surface area contributed by atoms with Crippen LogP contribution in [0.2, 0.25) is 0 Å². The molecule has 2 aromatic rings. The van der Waals surface area contributed by atoms with E-state index in [1.807, 2.05) is 0 Å². The van der Waals surface area contributed by atoms with Gasteiger partial charge in [-0.25, -0.2) is 8.42 Å². The van der Waals surface area contributed by atoms with Crippen molar-refractivity contribution >= 4 is 34.1 Å². The van der Waals surface area contributed by atoms with Crippen molar-refractivity contribution in [3.8, 4) is 0 Å². The highest BCUT2D eigenvalue weighted by Gasteiger charge is 2.35. The van der Waals surface area contributed by atoms with E-state index in [1.54, 1.807) is 43.3 Å². The Morgan fingerprint density at radius 2 is 1.46 bits per heavy atom. The smallest absolute Gasteiger partial charge is 0.261 e. The molecule has 0 bridgehead atoms. The largest absolute Gasteiger partial charge is 0.322 e. The molecule has 0 spiro atoms. The predicted octanol–water partition coefficient (Wildman–Crippen LogP) is 2.20. The summed E-state index contributed by atoms with van der Waals surface area (Å²) in [5, 5.41) is 0. The summed E-state index contributed by atoms with van der Waals surface area (Å²) in [7, 11) is -3.28. The van der Waals surface area contributed by atoms with Crippen LogP contribution in [0, 0.1) is 0 Å². The lowest BCUT2D eigenvalue weighted by atomic mass is 10.1. The Balaban J connectivity index is 0.00000243. The van der Waals surface area contributed by atoms with Gasteiger partial charge in [0, 0.05) is 12.6 Å². The molecular formula is C18H19ClN2O4S. The van der Waals surface area contributed by atoms with E-state index in [0.29, 0.717) is 16.7 Å². The van der Waals surface area contributed by atoms with Crippen molar-refractivity contribution in [1.82, 2.24) is 4.90 Å². The van der Waals surface area contributed by atoms with E-state index in [2.05, 4.69) is 0 Å². The Morgan fingerprint density at radius 1 is 0.962 bits per heavy atom. The fourth-order valence-corrected chi connectivity index (χ4v) is 3.68. The third-order valence-corrected chi connectivity index (χ3v) is 6.06. The first-order valence-corrected chi connectivity index (χ1v) is 9.54. The number of halogens is 1. The van der Waals surface area contributed by atoms with Crippen LogP contribution in [0.1, 0.15) is 39.2 Å². The Kier molecular flexibility index (Phi) is 5.85. The second-order valence-electron chi connectivity index (χ2n) is 5.85. The van der Waals surface area contributed by atoms with E-state index in [4.69, 9.17) is 5.73 Å². The molecule has 2 aromatic carbocycles. The lowest BCUT2D eigenvalue weighted by Crippen LogP contribution is -2.36. The molecule has 0 aromatic heterocycles. The van der Waals surface area contributed by atoms with Gasteiger partial charge in [-0.1, -0.05) is 31.2 Å². The summed E-state index contributed by atoms with van der Waals surface area (Å²) in [6, 6.07) is 12.3. The van der Waals surface area contributed by atoms with Crippen molar-refractivity contribution in [2.45, 2.75) is 17.9 Å². The van der Waals surface area contributed by atoms with Gasteiger partial charge in [0.25, 0.3) is 11.8 Å². The van der Waals surface area contributed by atoms with Crippen molar-refractivity contribution in [3.63, 3.8) is 0 Å². The van der Waals surface area contributed by atoms with Gasteiger partial charge in [-0.3, -0.25) is 14.5 Å². The Labute approximate surface area is 158 Å². The molecular weight excluding hydrogens is 376 g/mol.